The van der Waals surface area contributed by atoms with Gasteiger partial charge in [-0.15, -0.1) is 0 Å². The minimum atomic E-state index is -0.165. The van der Waals surface area contributed by atoms with E-state index in [0.29, 0.717) is 12.6 Å². The SMILES string of the molecule is CC(C)N(C)c1cc(NC(C)(C)CN)ncn1. The molecule has 0 amide bonds. The molecule has 0 bridgehead atoms. The molecule has 0 fully saturated rings. The van der Waals surface area contributed by atoms with Crippen LogP contribution in [0.5, 0.6) is 0 Å². The summed E-state index contributed by atoms with van der Waals surface area (Å²) in [6.45, 7) is 8.88. The summed E-state index contributed by atoms with van der Waals surface area (Å²) in [7, 11) is 2.02. The molecule has 0 aliphatic rings. The molecule has 0 aliphatic carbocycles. The highest BCUT2D eigenvalue weighted by Crippen LogP contribution is 2.17. The Kier molecular flexibility index (Phi) is 4.28. The van der Waals surface area contributed by atoms with Crippen molar-refractivity contribution in [2.75, 3.05) is 23.8 Å². The van der Waals surface area contributed by atoms with Gasteiger partial charge in [-0.2, -0.15) is 0 Å². The zero-order valence-corrected chi connectivity index (χ0v) is 11.4. The normalized spacial score (nSPS) is 11.7. The van der Waals surface area contributed by atoms with Crippen LogP contribution in [0, 0.1) is 0 Å². The molecule has 0 saturated carbocycles. The average molecular weight is 237 g/mol. The van der Waals surface area contributed by atoms with Crippen molar-refractivity contribution < 1.29 is 0 Å². The van der Waals surface area contributed by atoms with Gasteiger partial charge in [-0.3, -0.25) is 0 Å². The Labute approximate surface area is 103 Å². The van der Waals surface area contributed by atoms with E-state index in [2.05, 4.69) is 34.0 Å². The van der Waals surface area contributed by atoms with E-state index < -0.39 is 0 Å². The molecule has 1 rings (SSSR count). The molecule has 0 aliphatic heterocycles. The Balaban J connectivity index is 2.86. The van der Waals surface area contributed by atoms with Gasteiger partial charge in [-0.25, -0.2) is 9.97 Å². The lowest BCUT2D eigenvalue weighted by atomic mass is 10.1. The van der Waals surface area contributed by atoms with Gasteiger partial charge in [0.2, 0.25) is 0 Å². The first kappa shape index (κ1) is 13.7. The van der Waals surface area contributed by atoms with Crippen molar-refractivity contribution in [2.24, 2.45) is 5.73 Å². The van der Waals surface area contributed by atoms with Crippen molar-refractivity contribution in [3.05, 3.63) is 12.4 Å². The zero-order chi connectivity index (χ0) is 13.1. The highest BCUT2D eigenvalue weighted by atomic mass is 15.2. The summed E-state index contributed by atoms with van der Waals surface area (Å²) in [6, 6.07) is 2.34. The Hall–Kier alpha value is -1.36. The van der Waals surface area contributed by atoms with Gasteiger partial charge in [-0.1, -0.05) is 0 Å². The fourth-order valence-corrected chi connectivity index (χ4v) is 1.27. The van der Waals surface area contributed by atoms with Gasteiger partial charge in [-0.05, 0) is 27.7 Å². The molecule has 3 N–H and O–H groups in total. The van der Waals surface area contributed by atoms with Crippen LogP contribution in [-0.2, 0) is 0 Å². The van der Waals surface area contributed by atoms with Crippen LogP contribution in [0.3, 0.4) is 0 Å². The highest BCUT2D eigenvalue weighted by molar-refractivity contribution is 5.49. The Morgan fingerprint density at radius 2 is 2.06 bits per heavy atom. The molecular weight excluding hydrogens is 214 g/mol. The summed E-state index contributed by atoms with van der Waals surface area (Å²) in [5.41, 5.74) is 5.52. The molecule has 0 unspecified atom stereocenters. The largest absolute Gasteiger partial charge is 0.364 e. The predicted octanol–water partition coefficient (Wildman–Crippen LogP) is 1.47. The number of hydrogen-bond acceptors (Lipinski definition) is 5. The third-order valence-corrected chi connectivity index (χ3v) is 2.77. The first-order valence-electron chi connectivity index (χ1n) is 5.89. The molecule has 0 atom stereocenters. The van der Waals surface area contributed by atoms with Crippen LogP contribution in [0.2, 0.25) is 0 Å². The fraction of sp³-hybridized carbons (Fsp3) is 0.667. The van der Waals surface area contributed by atoms with E-state index in [-0.39, 0.29) is 5.54 Å². The first-order chi connectivity index (χ1) is 7.85. The summed E-state index contributed by atoms with van der Waals surface area (Å²) in [4.78, 5) is 10.6. The molecule has 5 heteroatoms. The average Bonchev–Trinajstić information content (AvgIpc) is 2.27. The number of rotatable bonds is 5. The Morgan fingerprint density at radius 3 is 2.59 bits per heavy atom. The van der Waals surface area contributed by atoms with E-state index >= 15 is 0 Å². The second-order valence-corrected chi connectivity index (χ2v) is 5.18. The molecule has 5 nitrogen and oxygen atoms in total. The van der Waals surface area contributed by atoms with E-state index in [1.54, 1.807) is 6.33 Å². The van der Waals surface area contributed by atoms with E-state index in [0.717, 1.165) is 11.6 Å². The van der Waals surface area contributed by atoms with Crippen LogP contribution < -0.4 is 16.0 Å². The van der Waals surface area contributed by atoms with E-state index in [9.17, 15) is 0 Å². The van der Waals surface area contributed by atoms with Crippen molar-refractivity contribution in [3.8, 4) is 0 Å². The number of nitrogens with zero attached hydrogens (tertiary/aromatic N) is 3. The van der Waals surface area contributed by atoms with Crippen molar-refractivity contribution in [2.45, 2.75) is 39.3 Å². The molecule has 17 heavy (non-hydrogen) atoms. The van der Waals surface area contributed by atoms with Crippen molar-refractivity contribution in [3.63, 3.8) is 0 Å². The molecule has 0 aromatic carbocycles. The zero-order valence-electron chi connectivity index (χ0n) is 11.4. The lowest BCUT2D eigenvalue weighted by Gasteiger charge is -2.26. The summed E-state index contributed by atoms with van der Waals surface area (Å²) in [5.74, 6) is 1.71. The van der Waals surface area contributed by atoms with Crippen molar-refractivity contribution >= 4 is 11.6 Å². The maximum absolute atomic E-state index is 5.68. The summed E-state index contributed by atoms with van der Waals surface area (Å²) in [5, 5.41) is 3.30. The Bertz CT molecular complexity index is 362. The highest BCUT2D eigenvalue weighted by Gasteiger charge is 2.16. The van der Waals surface area contributed by atoms with Gasteiger partial charge >= 0.3 is 0 Å². The smallest absolute Gasteiger partial charge is 0.134 e. The second-order valence-electron chi connectivity index (χ2n) is 5.18. The Morgan fingerprint density at radius 1 is 1.41 bits per heavy atom. The summed E-state index contributed by atoms with van der Waals surface area (Å²) >= 11 is 0. The number of nitrogens with two attached hydrogens (primary N) is 1. The van der Waals surface area contributed by atoms with Gasteiger partial charge in [0.05, 0.1) is 0 Å². The molecule has 1 aromatic rings. The molecule has 1 heterocycles. The lowest BCUT2D eigenvalue weighted by molar-refractivity contribution is 0.577. The quantitative estimate of drug-likeness (QED) is 0.811. The maximum Gasteiger partial charge on any atom is 0.134 e. The van der Waals surface area contributed by atoms with Crippen LogP contribution in [-0.4, -0.2) is 35.1 Å². The van der Waals surface area contributed by atoms with E-state index in [4.69, 9.17) is 5.73 Å². The van der Waals surface area contributed by atoms with Crippen LogP contribution in [0.25, 0.3) is 0 Å². The first-order valence-corrected chi connectivity index (χ1v) is 5.89. The molecule has 0 spiro atoms. The molecule has 1 aromatic heterocycles. The maximum atomic E-state index is 5.68. The van der Waals surface area contributed by atoms with Crippen LogP contribution in [0.15, 0.2) is 12.4 Å². The third-order valence-electron chi connectivity index (χ3n) is 2.77. The summed E-state index contributed by atoms with van der Waals surface area (Å²) in [6.07, 6.45) is 1.57. The van der Waals surface area contributed by atoms with Gasteiger partial charge in [0.15, 0.2) is 0 Å². The number of anilines is 2. The van der Waals surface area contributed by atoms with E-state index in [1.165, 1.54) is 0 Å². The lowest BCUT2D eigenvalue weighted by Crippen LogP contribution is -2.39. The number of aromatic nitrogens is 2. The second kappa shape index (κ2) is 5.31. The number of nitrogens with one attached hydrogen (secondary N) is 1. The van der Waals surface area contributed by atoms with Gasteiger partial charge in [0.1, 0.15) is 18.0 Å². The standard InChI is InChI=1S/C12H23N5/c1-9(2)17(5)11-6-10(14-8-15-11)16-12(3,4)7-13/h6,8-9H,7,13H2,1-5H3,(H,14,15,16). The fourth-order valence-electron chi connectivity index (χ4n) is 1.27. The van der Waals surface area contributed by atoms with E-state index in [1.807, 2.05) is 27.0 Å². The predicted molar refractivity (Wildman–Crippen MR) is 72.3 cm³/mol. The van der Waals surface area contributed by atoms with Crippen LogP contribution in [0.4, 0.5) is 11.6 Å². The third kappa shape index (κ3) is 3.85. The van der Waals surface area contributed by atoms with Gasteiger partial charge in [0, 0.05) is 31.2 Å². The van der Waals surface area contributed by atoms with Gasteiger partial charge in [0.25, 0.3) is 0 Å². The van der Waals surface area contributed by atoms with Crippen LogP contribution in [0.1, 0.15) is 27.7 Å². The number of hydrogen-bond donors (Lipinski definition) is 2. The molecular formula is C12H23N5. The molecule has 0 radical (unpaired) electrons. The molecule has 0 saturated heterocycles. The minimum absolute atomic E-state index is 0.165. The minimum Gasteiger partial charge on any atom is -0.364 e. The van der Waals surface area contributed by atoms with Gasteiger partial charge < -0.3 is 16.0 Å². The van der Waals surface area contributed by atoms with Crippen molar-refractivity contribution in [1.29, 1.82) is 0 Å². The topological polar surface area (TPSA) is 67.1 Å². The summed E-state index contributed by atoms with van der Waals surface area (Å²) < 4.78 is 0. The monoisotopic (exact) mass is 237 g/mol. The molecule has 96 valence electrons. The van der Waals surface area contributed by atoms with Crippen molar-refractivity contribution in [1.82, 2.24) is 9.97 Å². The van der Waals surface area contributed by atoms with Crippen LogP contribution >= 0.6 is 0 Å².